The first-order valence-electron chi connectivity index (χ1n) is 8.94. The first kappa shape index (κ1) is 18.7. The summed E-state index contributed by atoms with van der Waals surface area (Å²) in [5, 5.41) is 11.1. The van der Waals surface area contributed by atoms with Crippen molar-refractivity contribution >= 4 is 45.9 Å². The van der Waals surface area contributed by atoms with E-state index in [-0.39, 0.29) is 33.5 Å². The fourth-order valence-corrected chi connectivity index (χ4v) is 3.99. The normalized spacial score (nSPS) is 15.6. The predicted molar refractivity (Wildman–Crippen MR) is 114 cm³/mol. The summed E-state index contributed by atoms with van der Waals surface area (Å²) in [6, 6.07) is 13.4. The fraction of sp³-hybridized carbons (Fsp3) is 0.0455. The van der Waals surface area contributed by atoms with Gasteiger partial charge in [0, 0.05) is 11.2 Å². The van der Waals surface area contributed by atoms with E-state index in [0.717, 1.165) is 0 Å². The van der Waals surface area contributed by atoms with Crippen LogP contribution in [0.1, 0.15) is 27.7 Å². The van der Waals surface area contributed by atoms with Gasteiger partial charge in [-0.3, -0.25) is 14.5 Å². The standard InChI is InChI=1S/C22H12Cl2N2O4/c23-12-4-6-16-15(9-12)20(28)18-19(11-2-1-3-14(27)8-11)26(22(29)21(18)30-16)17-7-5-13(24)10-25-17/h1-10,19,27H. The number of carbonyl (C=O) groups excluding carboxylic acids is 1. The fourth-order valence-electron chi connectivity index (χ4n) is 3.70. The molecule has 2 aromatic carbocycles. The van der Waals surface area contributed by atoms with Gasteiger partial charge in [-0.05, 0) is 48.0 Å². The maximum Gasteiger partial charge on any atom is 0.296 e. The zero-order chi connectivity index (χ0) is 21.0. The number of rotatable bonds is 2. The summed E-state index contributed by atoms with van der Waals surface area (Å²) in [5.41, 5.74) is 0.591. The summed E-state index contributed by atoms with van der Waals surface area (Å²) in [7, 11) is 0. The number of amides is 1. The molecule has 0 saturated carbocycles. The monoisotopic (exact) mass is 438 g/mol. The number of aromatic hydroxyl groups is 1. The highest BCUT2D eigenvalue weighted by atomic mass is 35.5. The number of anilines is 1. The Labute approximate surface area is 179 Å². The number of carbonyl (C=O) groups is 1. The molecule has 0 saturated heterocycles. The van der Waals surface area contributed by atoms with Crippen molar-refractivity contribution < 1.29 is 14.3 Å². The minimum Gasteiger partial charge on any atom is -0.508 e. The lowest BCUT2D eigenvalue weighted by Gasteiger charge is -2.24. The molecule has 148 valence electrons. The zero-order valence-corrected chi connectivity index (χ0v) is 16.7. The Balaban J connectivity index is 1.83. The maximum absolute atomic E-state index is 13.4. The smallest absolute Gasteiger partial charge is 0.296 e. The van der Waals surface area contributed by atoms with Crippen LogP contribution in [-0.2, 0) is 0 Å². The molecule has 6 nitrogen and oxygen atoms in total. The van der Waals surface area contributed by atoms with Crippen molar-refractivity contribution in [2.24, 2.45) is 0 Å². The average Bonchev–Trinajstić information content (AvgIpc) is 3.02. The van der Waals surface area contributed by atoms with Gasteiger partial charge in [0.25, 0.3) is 5.91 Å². The molecule has 1 aliphatic heterocycles. The van der Waals surface area contributed by atoms with Crippen LogP contribution in [-0.4, -0.2) is 16.0 Å². The van der Waals surface area contributed by atoms with Gasteiger partial charge < -0.3 is 9.52 Å². The third kappa shape index (κ3) is 2.84. The van der Waals surface area contributed by atoms with Crippen molar-refractivity contribution in [2.45, 2.75) is 6.04 Å². The van der Waals surface area contributed by atoms with E-state index in [0.29, 0.717) is 21.4 Å². The van der Waals surface area contributed by atoms with Gasteiger partial charge in [0.1, 0.15) is 17.2 Å². The van der Waals surface area contributed by atoms with Gasteiger partial charge in [-0.25, -0.2) is 4.98 Å². The van der Waals surface area contributed by atoms with Gasteiger partial charge in [0.2, 0.25) is 5.76 Å². The number of hydrogen-bond donors (Lipinski definition) is 1. The molecule has 1 amide bonds. The van der Waals surface area contributed by atoms with Crippen LogP contribution in [0.15, 0.2) is 70.0 Å². The Hall–Kier alpha value is -3.35. The highest BCUT2D eigenvalue weighted by Gasteiger charge is 2.44. The van der Waals surface area contributed by atoms with Gasteiger partial charge in [0.15, 0.2) is 5.43 Å². The molecule has 1 aliphatic rings. The second kappa shape index (κ2) is 6.86. The maximum atomic E-state index is 13.4. The van der Waals surface area contributed by atoms with Crippen LogP contribution in [0, 0.1) is 0 Å². The SMILES string of the molecule is O=C1c2oc3ccc(Cl)cc3c(=O)c2C(c2cccc(O)c2)N1c1ccc(Cl)cn1. The lowest BCUT2D eigenvalue weighted by atomic mass is 9.98. The average molecular weight is 439 g/mol. The highest BCUT2D eigenvalue weighted by molar-refractivity contribution is 6.31. The number of hydrogen-bond acceptors (Lipinski definition) is 5. The van der Waals surface area contributed by atoms with Crippen molar-refractivity contribution in [1.82, 2.24) is 4.98 Å². The molecular weight excluding hydrogens is 427 g/mol. The predicted octanol–water partition coefficient (Wildman–Crippen LogP) is 4.95. The van der Waals surface area contributed by atoms with E-state index >= 15 is 0 Å². The summed E-state index contributed by atoms with van der Waals surface area (Å²) in [4.78, 5) is 32.4. The second-order valence-electron chi connectivity index (χ2n) is 6.82. The molecule has 30 heavy (non-hydrogen) atoms. The van der Waals surface area contributed by atoms with Crippen LogP contribution < -0.4 is 10.3 Å². The van der Waals surface area contributed by atoms with Crippen LogP contribution >= 0.6 is 23.2 Å². The Morgan fingerprint density at radius 2 is 1.80 bits per heavy atom. The summed E-state index contributed by atoms with van der Waals surface area (Å²) < 4.78 is 5.84. The number of benzene rings is 2. The Morgan fingerprint density at radius 1 is 1.00 bits per heavy atom. The van der Waals surface area contributed by atoms with Gasteiger partial charge in [-0.15, -0.1) is 0 Å². The van der Waals surface area contributed by atoms with Crippen LogP contribution in [0.25, 0.3) is 11.0 Å². The number of fused-ring (bicyclic) bond motifs is 2. The van der Waals surface area contributed by atoms with Crippen molar-refractivity contribution in [3.63, 3.8) is 0 Å². The van der Waals surface area contributed by atoms with E-state index in [2.05, 4.69) is 4.98 Å². The number of pyridine rings is 1. The molecule has 2 aromatic heterocycles. The van der Waals surface area contributed by atoms with Gasteiger partial charge in [-0.1, -0.05) is 35.3 Å². The largest absolute Gasteiger partial charge is 0.508 e. The van der Waals surface area contributed by atoms with E-state index in [4.69, 9.17) is 27.6 Å². The molecule has 1 N–H and O–H groups in total. The molecule has 5 rings (SSSR count). The van der Waals surface area contributed by atoms with Crippen molar-refractivity contribution in [3.8, 4) is 5.75 Å². The number of aromatic nitrogens is 1. The van der Waals surface area contributed by atoms with Crippen molar-refractivity contribution in [3.05, 3.63) is 97.9 Å². The van der Waals surface area contributed by atoms with Gasteiger partial charge in [0.05, 0.1) is 22.0 Å². The molecule has 3 heterocycles. The van der Waals surface area contributed by atoms with E-state index in [1.165, 1.54) is 29.3 Å². The molecule has 1 atom stereocenters. The number of phenolic OH excluding ortho intramolecular Hbond substituents is 1. The van der Waals surface area contributed by atoms with E-state index in [9.17, 15) is 14.7 Å². The third-order valence-corrected chi connectivity index (χ3v) is 5.44. The minimum atomic E-state index is -0.840. The molecule has 0 fully saturated rings. The molecule has 0 bridgehead atoms. The lowest BCUT2D eigenvalue weighted by Crippen LogP contribution is -2.30. The molecule has 4 aromatic rings. The minimum absolute atomic E-state index is 0.00522. The molecule has 0 spiro atoms. The summed E-state index contributed by atoms with van der Waals surface area (Å²) >= 11 is 12.0. The second-order valence-corrected chi connectivity index (χ2v) is 7.69. The molecule has 0 aliphatic carbocycles. The van der Waals surface area contributed by atoms with Gasteiger partial charge in [-0.2, -0.15) is 0 Å². The van der Waals surface area contributed by atoms with Crippen molar-refractivity contribution in [2.75, 3.05) is 4.90 Å². The quantitative estimate of drug-likeness (QED) is 0.478. The van der Waals surface area contributed by atoms with Crippen molar-refractivity contribution in [1.29, 1.82) is 0 Å². The molecule has 0 radical (unpaired) electrons. The molecule has 1 unspecified atom stereocenters. The first-order chi connectivity index (χ1) is 14.4. The van der Waals surface area contributed by atoms with Crippen LogP contribution in [0.4, 0.5) is 5.82 Å². The number of nitrogens with zero attached hydrogens (tertiary/aromatic N) is 2. The lowest BCUT2D eigenvalue weighted by molar-refractivity contribution is 0.0970. The molecular formula is C22H12Cl2N2O4. The number of phenols is 1. The Kier molecular flexibility index (Phi) is 4.27. The van der Waals surface area contributed by atoms with Gasteiger partial charge >= 0.3 is 0 Å². The van der Waals surface area contributed by atoms with E-state index in [1.54, 1.807) is 36.4 Å². The summed E-state index contributed by atoms with van der Waals surface area (Å²) in [5.74, 6) is -0.279. The highest BCUT2D eigenvalue weighted by Crippen LogP contribution is 2.41. The third-order valence-electron chi connectivity index (χ3n) is 4.98. The number of halogens is 2. The van der Waals surface area contributed by atoms with Crippen LogP contribution in [0.5, 0.6) is 5.75 Å². The van der Waals surface area contributed by atoms with E-state index in [1.807, 2.05) is 0 Å². The van der Waals surface area contributed by atoms with E-state index < -0.39 is 11.9 Å². The zero-order valence-electron chi connectivity index (χ0n) is 15.2. The van der Waals surface area contributed by atoms with Crippen LogP contribution in [0.3, 0.4) is 0 Å². The summed E-state index contributed by atoms with van der Waals surface area (Å²) in [6.45, 7) is 0. The topological polar surface area (TPSA) is 83.6 Å². The Morgan fingerprint density at radius 3 is 2.53 bits per heavy atom. The summed E-state index contributed by atoms with van der Waals surface area (Å²) in [6.07, 6.45) is 1.41. The van der Waals surface area contributed by atoms with Crippen LogP contribution in [0.2, 0.25) is 10.0 Å². The molecule has 8 heteroatoms. The first-order valence-corrected chi connectivity index (χ1v) is 9.70. The Bertz CT molecular complexity index is 1380.